The zero-order valence-electron chi connectivity index (χ0n) is 18.9. The van der Waals surface area contributed by atoms with Gasteiger partial charge in [0.25, 0.3) is 11.6 Å². The van der Waals surface area contributed by atoms with Crippen LogP contribution in [-0.4, -0.2) is 33.9 Å². The Morgan fingerprint density at radius 2 is 1.70 bits per heavy atom. The van der Waals surface area contributed by atoms with Gasteiger partial charge in [-0.15, -0.1) is 0 Å². The highest BCUT2D eigenvalue weighted by Gasteiger charge is 2.22. The summed E-state index contributed by atoms with van der Waals surface area (Å²) in [5, 5.41) is 43.4. The summed E-state index contributed by atoms with van der Waals surface area (Å²) in [6, 6.07) is 14.5. The first-order chi connectivity index (χ1) is 17.6. The number of aromatic carboxylic acids is 1. The van der Waals surface area contributed by atoms with Crippen LogP contribution < -0.4 is 14.8 Å². The number of para-hydroxylation sites is 1. The molecule has 0 atom stereocenters. The third-order valence-electron chi connectivity index (χ3n) is 4.84. The molecule has 186 valence electrons. The topological polar surface area (TPSA) is 195 Å². The van der Waals surface area contributed by atoms with Gasteiger partial charge in [0.2, 0.25) is 5.75 Å². The van der Waals surface area contributed by atoms with E-state index < -0.39 is 33.1 Å². The maximum atomic E-state index is 12.6. The molecule has 3 aromatic rings. The molecule has 0 saturated heterocycles. The number of nitrogens with one attached hydrogen (secondary N) is 1. The summed E-state index contributed by atoms with van der Waals surface area (Å²) in [4.78, 5) is 44.6. The number of non-ortho nitro benzene ring substituents is 1. The third kappa shape index (κ3) is 6.03. The molecule has 1 amide bonds. The number of ether oxygens (including phenoxy) is 2. The van der Waals surface area contributed by atoms with Gasteiger partial charge in [-0.05, 0) is 42.0 Å². The summed E-state index contributed by atoms with van der Waals surface area (Å²) >= 11 is 0. The van der Waals surface area contributed by atoms with Crippen LogP contribution in [0.1, 0.15) is 15.9 Å². The Balaban J connectivity index is 1.90. The molecule has 0 bridgehead atoms. The summed E-state index contributed by atoms with van der Waals surface area (Å²) in [5.41, 5.74) is -1.29. The van der Waals surface area contributed by atoms with E-state index in [0.29, 0.717) is 5.56 Å². The van der Waals surface area contributed by atoms with E-state index in [1.54, 1.807) is 6.07 Å². The minimum atomic E-state index is -1.26. The molecular formula is C24H16N4O9. The monoisotopic (exact) mass is 504 g/mol. The van der Waals surface area contributed by atoms with E-state index in [2.05, 4.69) is 5.32 Å². The molecule has 2 N–H and O–H groups in total. The van der Waals surface area contributed by atoms with Crippen LogP contribution in [0.3, 0.4) is 0 Å². The number of methoxy groups -OCH3 is 1. The van der Waals surface area contributed by atoms with Crippen molar-refractivity contribution >= 4 is 35.0 Å². The number of nitro groups is 2. The van der Waals surface area contributed by atoms with Gasteiger partial charge in [-0.25, -0.2) is 4.79 Å². The minimum Gasteiger partial charge on any atom is -0.493 e. The highest BCUT2D eigenvalue weighted by atomic mass is 16.6. The van der Waals surface area contributed by atoms with Crippen molar-refractivity contribution in [3.63, 3.8) is 0 Å². The first kappa shape index (κ1) is 25.8. The predicted octanol–water partition coefficient (Wildman–Crippen LogP) is 4.55. The zero-order valence-corrected chi connectivity index (χ0v) is 18.9. The summed E-state index contributed by atoms with van der Waals surface area (Å²) in [6.45, 7) is 0. The number of carboxylic acids is 1. The van der Waals surface area contributed by atoms with Gasteiger partial charge in [0.1, 0.15) is 11.6 Å². The first-order valence-corrected chi connectivity index (χ1v) is 10.2. The average Bonchev–Trinajstić information content (AvgIpc) is 2.87. The molecule has 0 aliphatic carbocycles. The summed E-state index contributed by atoms with van der Waals surface area (Å²) in [7, 11) is 1.29. The van der Waals surface area contributed by atoms with Crippen molar-refractivity contribution in [1.29, 1.82) is 5.26 Å². The highest BCUT2D eigenvalue weighted by Crippen LogP contribution is 2.38. The fourth-order valence-electron chi connectivity index (χ4n) is 3.11. The lowest BCUT2D eigenvalue weighted by Crippen LogP contribution is -2.16. The Kier molecular flexibility index (Phi) is 7.76. The van der Waals surface area contributed by atoms with Crippen molar-refractivity contribution in [2.75, 3.05) is 12.4 Å². The van der Waals surface area contributed by atoms with Crippen LogP contribution in [0.15, 0.2) is 66.2 Å². The van der Waals surface area contributed by atoms with E-state index in [4.69, 9.17) is 9.47 Å². The number of rotatable bonds is 9. The molecule has 0 heterocycles. The largest absolute Gasteiger partial charge is 0.493 e. The quantitative estimate of drug-likeness (QED) is 0.180. The number of hydrogen-bond donors (Lipinski definition) is 2. The van der Waals surface area contributed by atoms with E-state index in [1.807, 2.05) is 0 Å². The number of hydrogen-bond acceptors (Lipinski definition) is 9. The molecule has 0 aliphatic rings. The van der Waals surface area contributed by atoms with Gasteiger partial charge < -0.3 is 19.9 Å². The van der Waals surface area contributed by atoms with E-state index in [0.717, 1.165) is 18.2 Å². The van der Waals surface area contributed by atoms with Crippen molar-refractivity contribution in [2.45, 2.75) is 0 Å². The molecule has 0 saturated carbocycles. The van der Waals surface area contributed by atoms with Gasteiger partial charge in [0.05, 0.1) is 34.3 Å². The van der Waals surface area contributed by atoms with Crippen LogP contribution in [0.4, 0.5) is 17.1 Å². The minimum absolute atomic E-state index is 0.00664. The fourth-order valence-corrected chi connectivity index (χ4v) is 3.11. The number of benzene rings is 3. The van der Waals surface area contributed by atoms with Gasteiger partial charge in [0, 0.05) is 6.07 Å². The van der Waals surface area contributed by atoms with Crippen LogP contribution in [0.2, 0.25) is 0 Å². The number of amides is 1. The van der Waals surface area contributed by atoms with Gasteiger partial charge in [-0.2, -0.15) is 5.26 Å². The van der Waals surface area contributed by atoms with E-state index in [-0.39, 0.29) is 34.1 Å². The summed E-state index contributed by atoms with van der Waals surface area (Å²) in [5.74, 6) is -2.28. The summed E-state index contributed by atoms with van der Waals surface area (Å²) < 4.78 is 10.8. The van der Waals surface area contributed by atoms with Crippen molar-refractivity contribution < 1.29 is 34.0 Å². The predicted molar refractivity (Wildman–Crippen MR) is 128 cm³/mol. The van der Waals surface area contributed by atoms with E-state index in [1.165, 1.54) is 55.7 Å². The molecule has 13 nitrogen and oxygen atoms in total. The Morgan fingerprint density at radius 3 is 2.32 bits per heavy atom. The number of carbonyl (C=O) groups is 2. The van der Waals surface area contributed by atoms with Gasteiger partial charge in [-0.1, -0.05) is 18.2 Å². The van der Waals surface area contributed by atoms with Gasteiger partial charge in [0.15, 0.2) is 11.5 Å². The standard InChI is InChI=1S/C24H16N4O9/c1-36-22-11-14(10-15(13-25)23(29)26-18-5-3-2-4-17(18)24(30)31)6-8-21(22)37-20-9-7-16(27(32)33)12-19(20)28(34)35/h2-12H,1H3,(H,26,29)(H,30,31)/b15-10+. The van der Waals surface area contributed by atoms with Crippen molar-refractivity contribution in [2.24, 2.45) is 0 Å². The molecule has 13 heteroatoms. The SMILES string of the molecule is COc1cc(/C=C(\C#N)C(=O)Nc2ccccc2C(=O)O)ccc1Oc1ccc([N+](=O)[O-])cc1[N+](=O)[O-]. The van der Waals surface area contributed by atoms with Gasteiger partial charge >= 0.3 is 11.7 Å². The zero-order chi connectivity index (χ0) is 27.1. The number of nitro benzene ring substituents is 2. The lowest BCUT2D eigenvalue weighted by Gasteiger charge is -2.11. The number of nitriles is 1. The molecule has 0 spiro atoms. The normalized spacial score (nSPS) is 10.6. The van der Waals surface area contributed by atoms with Crippen LogP contribution in [0.25, 0.3) is 6.08 Å². The first-order valence-electron chi connectivity index (χ1n) is 10.2. The second kappa shape index (κ2) is 11.1. The van der Waals surface area contributed by atoms with Crippen LogP contribution in [0.5, 0.6) is 17.2 Å². The maximum absolute atomic E-state index is 12.6. The molecular weight excluding hydrogens is 488 g/mol. The number of carboxylic acid groups (broad SMARTS) is 1. The maximum Gasteiger partial charge on any atom is 0.337 e. The summed E-state index contributed by atoms with van der Waals surface area (Å²) in [6.07, 6.45) is 1.22. The molecule has 3 aromatic carbocycles. The number of carbonyl (C=O) groups excluding carboxylic acids is 1. The Morgan fingerprint density at radius 1 is 1.00 bits per heavy atom. The molecule has 37 heavy (non-hydrogen) atoms. The molecule has 0 aliphatic heterocycles. The number of anilines is 1. The molecule has 0 aromatic heterocycles. The van der Waals surface area contributed by atoms with Gasteiger partial charge in [-0.3, -0.25) is 25.0 Å². The molecule has 3 rings (SSSR count). The Labute approximate surface area is 208 Å². The fraction of sp³-hybridized carbons (Fsp3) is 0.0417. The lowest BCUT2D eigenvalue weighted by molar-refractivity contribution is -0.394. The highest BCUT2D eigenvalue weighted by molar-refractivity contribution is 6.11. The Bertz CT molecular complexity index is 1490. The third-order valence-corrected chi connectivity index (χ3v) is 4.84. The molecule has 0 unspecified atom stereocenters. The smallest absolute Gasteiger partial charge is 0.337 e. The van der Waals surface area contributed by atoms with Crippen LogP contribution in [0, 0.1) is 31.6 Å². The van der Waals surface area contributed by atoms with Crippen molar-refractivity contribution in [1.82, 2.24) is 0 Å². The van der Waals surface area contributed by atoms with Crippen LogP contribution >= 0.6 is 0 Å². The molecule has 0 radical (unpaired) electrons. The van der Waals surface area contributed by atoms with Crippen molar-refractivity contribution in [3.8, 4) is 23.3 Å². The van der Waals surface area contributed by atoms with E-state index in [9.17, 15) is 40.2 Å². The van der Waals surface area contributed by atoms with Crippen LogP contribution in [-0.2, 0) is 4.79 Å². The molecule has 0 fully saturated rings. The second-order valence-electron chi connectivity index (χ2n) is 7.15. The lowest BCUT2D eigenvalue weighted by atomic mass is 10.1. The second-order valence-corrected chi connectivity index (χ2v) is 7.15. The Hall–Kier alpha value is -5.77. The average molecular weight is 504 g/mol. The van der Waals surface area contributed by atoms with Crippen molar-refractivity contribution in [3.05, 3.63) is 97.6 Å². The van der Waals surface area contributed by atoms with E-state index >= 15 is 0 Å². The number of nitrogens with zero attached hydrogens (tertiary/aromatic N) is 3.